The molecule has 1 aromatic carbocycles. The van der Waals surface area contributed by atoms with Crippen molar-refractivity contribution in [2.45, 2.75) is 38.1 Å². The lowest BCUT2D eigenvalue weighted by molar-refractivity contribution is -0.123. The molecule has 2 N–H and O–H groups in total. The lowest BCUT2D eigenvalue weighted by Gasteiger charge is -2.29. The Bertz CT molecular complexity index is 651. The van der Waals surface area contributed by atoms with Gasteiger partial charge < -0.3 is 10.6 Å². The van der Waals surface area contributed by atoms with Crippen molar-refractivity contribution in [1.29, 1.82) is 0 Å². The topological polar surface area (TPSA) is 44.4 Å². The number of nitrogens with zero attached hydrogens (tertiary/aromatic N) is 1. The number of halogens is 2. The Morgan fingerprint density at radius 1 is 1.35 bits per heavy atom. The third-order valence-corrected chi connectivity index (χ3v) is 6.82. The highest BCUT2D eigenvalue weighted by Gasteiger charge is 2.57. The van der Waals surface area contributed by atoms with E-state index in [9.17, 15) is 9.18 Å². The van der Waals surface area contributed by atoms with Gasteiger partial charge >= 0.3 is 0 Å². The van der Waals surface area contributed by atoms with Crippen molar-refractivity contribution in [2.24, 2.45) is 11.3 Å². The summed E-state index contributed by atoms with van der Waals surface area (Å²) in [6.45, 7) is 4.27. The molecular formula is C20H27ClFN3O. The normalized spacial score (nSPS) is 26.0. The number of hydrogen-bond donors (Lipinski definition) is 2. The largest absolute Gasteiger partial charge is 0.354 e. The number of carbonyl (C=O) groups is 1. The number of hydrogen-bond acceptors (Lipinski definition) is 3. The van der Waals surface area contributed by atoms with Crippen molar-refractivity contribution < 1.29 is 9.18 Å². The minimum absolute atomic E-state index is 0.125. The molecule has 4 rings (SSSR count). The van der Waals surface area contributed by atoms with Crippen LogP contribution in [-0.2, 0) is 4.79 Å². The van der Waals surface area contributed by atoms with Crippen LogP contribution in [0.1, 0.15) is 43.7 Å². The van der Waals surface area contributed by atoms with E-state index in [1.165, 1.54) is 6.07 Å². The second kappa shape index (κ2) is 7.45. The van der Waals surface area contributed by atoms with Crippen molar-refractivity contribution in [3.63, 3.8) is 0 Å². The van der Waals surface area contributed by atoms with Crippen LogP contribution in [0.5, 0.6) is 0 Å². The Morgan fingerprint density at radius 2 is 2.08 bits per heavy atom. The monoisotopic (exact) mass is 379 g/mol. The summed E-state index contributed by atoms with van der Waals surface area (Å²) < 4.78 is 14.5. The summed E-state index contributed by atoms with van der Waals surface area (Å²) in [7, 11) is 0. The second-order valence-electron chi connectivity index (χ2n) is 8.01. The molecule has 2 atom stereocenters. The molecule has 1 saturated carbocycles. The highest BCUT2D eigenvalue weighted by molar-refractivity contribution is 6.31. The number of carbonyl (C=O) groups excluding carboxylic acids is 1. The van der Waals surface area contributed by atoms with Gasteiger partial charge in [-0.25, -0.2) is 4.39 Å². The number of benzene rings is 1. The number of amides is 1. The Morgan fingerprint density at radius 3 is 2.77 bits per heavy atom. The summed E-state index contributed by atoms with van der Waals surface area (Å²) in [5.74, 6) is -0.0339. The molecule has 4 nitrogen and oxygen atoms in total. The van der Waals surface area contributed by atoms with Gasteiger partial charge in [0.05, 0.1) is 6.04 Å². The lowest BCUT2D eigenvalue weighted by atomic mass is 9.91. The zero-order valence-electron chi connectivity index (χ0n) is 15.1. The van der Waals surface area contributed by atoms with Crippen LogP contribution in [0.25, 0.3) is 0 Å². The van der Waals surface area contributed by atoms with Crippen molar-refractivity contribution in [1.82, 2.24) is 15.5 Å². The first-order valence-electron chi connectivity index (χ1n) is 9.77. The Labute approximate surface area is 159 Å². The fourth-order valence-electron chi connectivity index (χ4n) is 4.81. The first kappa shape index (κ1) is 18.2. The van der Waals surface area contributed by atoms with Crippen LogP contribution in [0.3, 0.4) is 0 Å². The quantitative estimate of drug-likeness (QED) is 0.826. The molecule has 2 saturated heterocycles. The number of nitrogens with one attached hydrogen (secondary N) is 2. The van der Waals surface area contributed by atoms with Crippen molar-refractivity contribution >= 4 is 17.5 Å². The van der Waals surface area contributed by atoms with Gasteiger partial charge in [0.25, 0.3) is 0 Å². The van der Waals surface area contributed by atoms with Crippen LogP contribution in [0.2, 0.25) is 5.02 Å². The van der Waals surface area contributed by atoms with Gasteiger partial charge in [-0.3, -0.25) is 9.69 Å². The standard InChI is InChI=1S/C20H27ClFN3O/c21-15-4-3-5-16(22)18(15)17(25-10-1-2-11-25)13-24-19(26)14-12-20(14)6-8-23-9-7-20/h3-5,14,17,23H,1-2,6-13H2,(H,24,26). The molecule has 0 radical (unpaired) electrons. The fourth-order valence-corrected chi connectivity index (χ4v) is 5.10. The Kier molecular flexibility index (Phi) is 5.22. The molecule has 6 heteroatoms. The van der Waals surface area contributed by atoms with Crippen molar-refractivity contribution in [3.05, 3.63) is 34.6 Å². The average molecular weight is 380 g/mol. The summed E-state index contributed by atoms with van der Waals surface area (Å²) in [4.78, 5) is 15.0. The Balaban J connectivity index is 1.45. The SMILES string of the molecule is O=C(NCC(c1c(F)cccc1Cl)N1CCCC1)C1CC12CCNCC2. The van der Waals surface area contributed by atoms with E-state index in [1.807, 2.05) is 0 Å². The molecule has 3 fully saturated rings. The van der Waals surface area contributed by atoms with E-state index in [1.54, 1.807) is 12.1 Å². The highest BCUT2D eigenvalue weighted by Crippen LogP contribution is 2.58. The van der Waals surface area contributed by atoms with E-state index in [0.29, 0.717) is 17.1 Å². The third-order valence-electron chi connectivity index (χ3n) is 6.49. The average Bonchev–Trinajstić information content (AvgIpc) is 3.06. The van der Waals surface area contributed by atoms with Gasteiger partial charge in [0, 0.05) is 23.0 Å². The zero-order chi connectivity index (χ0) is 18.1. The van der Waals surface area contributed by atoms with E-state index in [4.69, 9.17) is 11.6 Å². The van der Waals surface area contributed by atoms with Crippen LogP contribution in [0.4, 0.5) is 4.39 Å². The molecule has 0 bridgehead atoms. The molecule has 1 spiro atoms. The number of likely N-dealkylation sites (tertiary alicyclic amines) is 1. The van der Waals surface area contributed by atoms with Gasteiger partial charge in [0.1, 0.15) is 5.82 Å². The van der Waals surface area contributed by atoms with Crippen molar-refractivity contribution in [3.8, 4) is 0 Å². The predicted octanol–water partition coefficient (Wildman–Crippen LogP) is 3.12. The molecule has 1 amide bonds. The zero-order valence-corrected chi connectivity index (χ0v) is 15.8. The van der Waals surface area contributed by atoms with Crippen molar-refractivity contribution in [2.75, 3.05) is 32.7 Å². The fraction of sp³-hybridized carbons (Fsp3) is 0.650. The molecule has 26 heavy (non-hydrogen) atoms. The Hall–Kier alpha value is -1.17. The molecule has 2 heterocycles. The van der Waals surface area contributed by atoms with Gasteiger partial charge in [0.2, 0.25) is 5.91 Å². The van der Waals surface area contributed by atoms with E-state index in [2.05, 4.69) is 15.5 Å². The highest BCUT2D eigenvalue weighted by atomic mass is 35.5. The maximum atomic E-state index is 14.5. The van der Waals surface area contributed by atoms with Gasteiger partial charge in [0.15, 0.2) is 0 Å². The van der Waals surface area contributed by atoms with Crippen LogP contribution >= 0.6 is 11.6 Å². The minimum Gasteiger partial charge on any atom is -0.354 e. The lowest BCUT2D eigenvalue weighted by Crippen LogP contribution is -2.39. The summed E-state index contributed by atoms with van der Waals surface area (Å²) in [5, 5.41) is 6.93. The van der Waals surface area contributed by atoms with Gasteiger partial charge in [-0.2, -0.15) is 0 Å². The summed E-state index contributed by atoms with van der Waals surface area (Å²) in [6, 6.07) is 4.62. The molecule has 0 aromatic heterocycles. The molecule has 2 unspecified atom stereocenters. The molecule has 1 aromatic rings. The maximum Gasteiger partial charge on any atom is 0.223 e. The van der Waals surface area contributed by atoms with Crippen LogP contribution < -0.4 is 10.6 Å². The summed E-state index contributed by atoms with van der Waals surface area (Å²) in [6.07, 6.45) is 5.37. The first-order chi connectivity index (χ1) is 12.6. The van der Waals surface area contributed by atoms with E-state index in [-0.39, 0.29) is 29.1 Å². The molecular weight excluding hydrogens is 353 g/mol. The smallest absolute Gasteiger partial charge is 0.223 e. The van der Waals surface area contributed by atoms with Crippen LogP contribution in [0, 0.1) is 17.2 Å². The van der Waals surface area contributed by atoms with Gasteiger partial charge in [-0.05, 0) is 75.8 Å². The van der Waals surface area contributed by atoms with Gasteiger partial charge in [-0.15, -0.1) is 0 Å². The minimum atomic E-state index is -0.287. The van der Waals surface area contributed by atoms with E-state index in [0.717, 1.165) is 58.3 Å². The van der Waals surface area contributed by atoms with E-state index >= 15 is 0 Å². The van der Waals surface area contributed by atoms with Crippen LogP contribution in [0.15, 0.2) is 18.2 Å². The third kappa shape index (κ3) is 3.49. The second-order valence-corrected chi connectivity index (χ2v) is 8.42. The maximum absolute atomic E-state index is 14.5. The number of piperidine rings is 1. The van der Waals surface area contributed by atoms with Crippen LogP contribution in [-0.4, -0.2) is 43.5 Å². The predicted molar refractivity (Wildman–Crippen MR) is 101 cm³/mol. The molecule has 3 aliphatic rings. The summed E-state index contributed by atoms with van der Waals surface area (Å²) >= 11 is 6.32. The van der Waals surface area contributed by atoms with E-state index < -0.39 is 0 Å². The van der Waals surface area contributed by atoms with Gasteiger partial charge in [-0.1, -0.05) is 17.7 Å². The molecule has 1 aliphatic carbocycles. The summed E-state index contributed by atoms with van der Waals surface area (Å²) in [5.41, 5.74) is 0.734. The first-order valence-corrected chi connectivity index (χ1v) is 10.1. The molecule has 142 valence electrons. The molecule has 2 aliphatic heterocycles. The number of rotatable bonds is 5.